The number of rotatable bonds is 5. The Balaban J connectivity index is 1.77. The first-order chi connectivity index (χ1) is 10.5. The molecule has 0 fully saturated rings. The van der Waals surface area contributed by atoms with Crippen LogP contribution in [0.5, 0.6) is 0 Å². The number of hydrogen-bond donors (Lipinski definition) is 2. The van der Waals surface area contributed by atoms with Gasteiger partial charge >= 0.3 is 0 Å². The van der Waals surface area contributed by atoms with Crippen LogP contribution in [0.4, 0.5) is 0 Å². The number of aliphatic imine (C=N–C) groups is 1. The largest absolute Gasteiger partial charge is 0.469 e. The average Bonchev–Trinajstić information content (AvgIpc) is 3.13. The molecule has 120 valence electrons. The molecule has 2 aromatic heterocycles. The Morgan fingerprint density at radius 1 is 1.36 bits per heavy atom. The van der Waals surface area contributed by atoms with Crippen molar-refractivity contribution in [1.82, 2.24) is 15.6 Å². The highest BCUT2D eigenvalue weighted by molar-refractivity contribution is 7.09. The van der Waals surface area contributed by atoms with E-state index in [4.69, 9.17) is 4.42 Å². The van der Waals surface area contributed by atoms with E-state index >= 15 is 0 Å². The summed E-state index contributed by atoms with van der Waals surface area (Å²) in [5.74, 6) is 1.74. The maximum absolute atomic E-state index is 5.30. The smallest absolute Gasteiger partial charge is 0.191 e. The van der Waals surface area contributed by atoms with Crippen molar-refractivity contribution in [3.8, 4) is 0 Å². The molecule has 2 aromatic rings. The van der Waals surface area contributed by atoms with Crippen LogP contribution >= 0.6 is 11.3 Å². The zero-order valence-corrected chi connectivity index (χ0v) is 14.5. The Bertz CT molecular complexity index is 596. The van der Waals surface area contributed by atoms with E-state index in [-0.39, 0.29) is 5.41 Å². The van der Waals surface area contributed by atoms with E-state index in [1.165, 1.54) is 0 Å². The maximum atomic E-state index is 5.30. The lowest BCUT2D eigenvalue weighted by atomic mass is 9.98. The predicted molar refractivity (Wildman–Crippen MR) is 91.4 cm³/mol. The van der Waals surface area contributed by atoms with Gasteiger partial charge in [-0.05, 0) is 12.1 Å². The van der Waals surface area contributed by atoms with E-state index in [1.54, 1.807) is 24.6 Å². The molecule has 22 heavy (non-hydrogen) atoms. The van der Waals surface area contributed by atoms with Gasteiger partial charge in [0.05, 0.1) is 23.5 Å². The summed E-state index contributed by atoms with van der Waals surface area (Å²) in [6.45, 7) is 7.99. The number of furan rings is 1. The molecule has 0 radical (unpaired) electrons. The molecule has 0 aliphatic carbocycles. The van der Waals surface area contributed by atoms with Crippen LogP contribution in [0.1, 0.15) is 37.2 Å². The van der Waals surface area contributed by atoms with Crippen molar-refractivity contribution >= 4 is 17.3 Å². The third kappa shape index (κ3) is 4.87. The molecule has 2 heterocycles. The average molecular weight is 320 g/mol. The summed E-state index contributed by atoms with van der Waals surface area (Å²) >= 11 is 1.71. The lowest BCUT2D eigenvalue weighted by Gasteiger charge is -2.14. The highest BCUT2D eigenvalue weighted by Gasteiger charge is 2.17. The Labute approximate surface area is 135 Å². The first-order valence-electron chi connectivity index (χ1n) is 7.41. The summed E-state index contributed by atoms with van der Waals surface area (Å²) in [6, 6.07) is 3.87. The predicted octanol–water partition coefficient (Wildman–Crippen LogP) is 2.94. The number of hydrogen-bond acceptors (Lipinski definition) is 4. The summed E-state index contributed by atoms with van der Waals surface area (Å²) < 4.78 is 5.30. The molecule has 6 heteroatoms. The van der Waals surface area contributed by atoms with Crippen molar-refractivity contribution in [1.29, 1.82) is 0 Å². The summed E-state index contributed by atoms with van der Waals surface area (Å²) in [4.78, 5) is 8.88. The van der Waals surface area contributed by atoms with E-state index in [0.717, 1.165) is 35.4 Å². The van der Waals surface area contributed by atoms with Crippen LogP contribution in [0.3, 0.4) is 0 Å². The minimum atomic E-state index is 0.103. The Kier molecular flexibility index (Phi) is 5.60. The number of aromatic nitrogens is 1. The van der Waals surface area contributed by atoms with E-state index in [1.807, 2.05) is 12.1 Å². The van der Waals surface area contributed by atoms with E-state index < -0.39 is 0 Å². The van der Waals surface area contributed by atoms with Gasteiger partial charge in [0.15, 0.2) is 5.96 Å². The molecule has 2 N–H and O–H groups in total. The van der Waals surface area contributed by atoms with Gasteiger partial charge in [0.1, 0.15) is 5.76 Å². The third-order valence-electron chi connectivity index (χ3n) is 3.10. The second kappa shape index (κ2) is 7.45. The standard InChI is InChI=1S/C16H24N4OS/c1-16(2,3)14-20-12(11-22-14)10-19-15(17-4)18-8-7-13-6-5-9-21-13/h5-6,9,11H,7-8,10H2,1-4H3,(H2,17,18,19). The van der Waals surface area contributed by atoms with Crippen LogP contribution in [-0.4, -0.2) is 24.5 Å². The van der Waals surface area contributed by atoms with Crippen molar-refractivity contribution in [3.05, 3.63) is 40.2 Å². The monoisotopic (exact) mass is 320 g/mol. The molecule has 0 aliphatic heterocycles. The van der Waals surface area contributed by atoms with Crippen molar-refractivity contribution in [2.75, 3.05) is 13.6 Å². The van der Waals surface area contributed by atoms with E-state index in [9.17, 15) is 0 Å². The molecular weight excluding hydrogens is 296 g/mol. The molecule has 0 bridgehead atoms. The molecule has 0 amide bonds. The van der Waals surface area contributed by atoms with E-state index in [2.05, 4.69) is 46.8 Å². The van der Waals surface area contributed by atoms with Gasteiger partial charge in [0.25, 0.3) is 0 Å². The highest BCUT2D eigenvalue weighted by Crippen LogP contribution is 2.25. The van der Waals surface area contributed by atoms with Gasteiger partial charge in [0, 0.05) is 30.8 Å². The van der Waals surface area contributed by atoms with Gasteiger partial charge in [-0.15, -0.1) is 11.3 Å². The second-order valence-corrected chi connectivity index (χ2v) is 6.93. The number of thiazole rings is 1. The molecule has 5 nitrogen and oxygen atoms in total. The third-order valence-corrected chi connectivity index (χ3v) is 4.41. The van der Waals surface area contributed by atoms with Gasteiger partial charge in [-0.1, -0.05) is 20.8 Å². The topological polar surface area (TPSA) is 62.5 Å². The first kappa shape index (κ1) is 16.5. The summed E-state index contributed by atoms with van der Waals surface area (Å²) in [7, 11) is 1.77. The fourth-order valence-electron chi connectivity index (χ4n) is 1.89. The van der Waals surface area contributed by atoms with Crippen molar-refractivity contribution in [2.24, 2.45) is 4.99 Å². The van der Waals surface area contributed by atoms with Crippen LogP contribution in [0, 0.1) is 0 Å². The molecule has 0 spiro atoms. The minimum absolute atomic E-state index is 0.103. The zero-order chi connectivity index (χ0) is 16.0. The fourth-order valence-corrected chi connectivity index (χ4v) is 2.79. The molecule has 2 rings (SSSR count). The van der Waals surface area contributed by atoms with E-state index in [0.29, 0.717) is 6.54 Å². The molecule has 0 aromatic carbocycles. The summed E-state index contributed by atoms with van der Waals surface area (Å²) in [5, 5.41) is 9.81. The van der Waals surface area contributed by atoms with Gasteiger partial charge in [0.2, 0.25) is 0 Å². The molecule has 0 saturated heterocycles. The number of nitrogens with zero attached hydrogens (tertiary/aromatic N) is 2. The van der Waals surface area contributed by atoms with Gasteiger partial charge in [-0.2, -0.15) is 0 Å². The molecule has 0 saturated carbocycles. The molecule has 0 aliphatic rings. The van der Waals surface area contributed by atoms with Crippen LogP contribution in [0.15, 0.2) is 33.2 Å². The van der Waals surface area contributed by atoms with Crippen molar-refractivity contribution in [2.45, 2.75) is 39.2 Å². The highest BCUT2D eigenvalue weighted by atomic mass is 32.1. The zero-order valence-electron chi connectivity index (χ0n) is 13.6. The molecule has 0 atom stereocenters. The van der Waals surface area contributed by atoms with Gasteiger partial charge < -0.3 is 15.1 Å². The van der Waals surface area contributed by atoms with Crippen LogP contribution in [-0.2, 0) is 18.4 Å². The fraction of sp³-hybridized carbons (Fsp3) is 0.500. The van der Waals surface area contributed by atoms with Crippen molar-refractivity contribution < 1.29 is 4.42 Å². The Morgan fingerprint density at radius 3 is 2.77 bits per heavy atom. The maximum Gasteiger partial charge on any atom is 0.191 e. The quantitative estimate of drug-likeness (QED) is 0.657. The lowest BCUT2D eigenvalue weighted by Crippen LogP contribution is -2.37. The van der Waals surface area contributed by atoms with Gasteiger partial charge in [-0.25, -0.2) is 4.98 Å². The number of guanidine groups is 1. The molecule has 0 unspecified atom stereocenters. The normalized spacial score (nSPS) is 12.5. The second-order valence-electron chi connectivity index (χ2n) is 6.08. The SMILES string of the molecule is CN=C(NCCc1ccco1)NCc1csc(C(C)(C)C)n1. The number of nitrogens with one attached hydrogen (secondary N) is 2. The Hall–Kier alpha value is -1.82. The summed E-state index contributed by atoms with van der Waals surface area (Å²) in [5.41, 5.74) is 1.15. The van der Waals surface area contributed by atoms with Crippen LogP contribution in [0.2, 0.25) is 0 Å². The van der Waals surface area contributed by atoms with Crippen LogP contribution in [0.25, 0.3) is 0 Å². The molecular formula is C16H24N4OS. The minimum Gasteiger partial charge on any atom is -0.469 e. The lowest BCUT2D eigenvalue weighted by molar-refractivity contribution is 0.506. The van der Waals surface area contributed by atoms with Crippen LogP contribution < -0.4 is 10.6 Å². The first-order valence-corrected chi connectivity index (χ1v) is 8.29. The summed E-state index contributed by atoms with van der Waals surface area (Å²) in [6.07, 6.45) is 2.52. The van der Waals surface area contributed by atoms with Gasteiger partial charge in [-0.3, -0.25) is 4.99 Å². The Morgan fingerprint density at radius 2 is 2.18 bits per heavy atom. The van der Waals surface area contributed by atoms with Crippen molar-refractivity contribution in [3.63, 3.8) is 0 Å².